The van der Waals surface area contributed by atoms with Gasteiger partial charge in [0, 0.05) is 18.7 Å². The molecule has 0 spiro atoms. The first kappa shape index (κ1) is 14.3. The van der Waals surface area contributed by atoms with Crippen LogP contribution in [0.15, 0.2) is 22.7 Å². The van der Waals surface area contributed by atoms with Gasteiger partial charge < -0.3 is 19.5 Å². The second-order valence-electron chi connectivity index (χ2n) is 4.17. The molecule has 1 heterocycles. The van der Waals surface area contributed by atoms with Gasteiger partial charge in [-0.25, -0.2) is 0 Å². The number of para-hydroxylation sites is 1. The molecule has 1 N–H and O–H groups in total. The third-order valence-electron chi connectivity index (χ3n) is 2.92. The van der Waals surface area contributed by atoms with Crippen molar-refractivity contribution in [2.24, 2.45) is 0 Å². The van der Waals surface area contributed by atoms with Crippen LogP contribution in [0.2, 0.25) is 0 Å². The highest BCUT2D eigenvalue weighted by molar-refractivity contribution is 9.10. The van der Waals surface area contributed by atoms with Gasteiger partial charge in [-0.2, -0.15) is 0 Å². The van der Waals surface area contributed by atoms with Crippen LogP contribution >= 0.6 is 15.9 Å². The Morgan fingerprint density at radius 3 is 2.84 bits per heavy atom. The molecule has 1 aliphatic heterocycles. The summed E-state index contributed by atoms with van der Waals surface area (Å²) < 4.78 is 11.5. The zero-order valence-corrected chi connectivity index (χ0v) is 12.1. The number of nitrogens with zero attached hydrogens (tertiary/aromatic N) is 1. The maximum atomic E-state index is 11.9. The number of aliphatic hydroxyl groups is 1. The lowest BCUT2D eigenvalue weighted by Crippen LogP contribution is -2.43. The van der Waals surface area contributed by atoms with E-state index in [4.69, 9.17) is 9.47 Å². The van der Waals surface area contributed by atoms with E-state index in [0.29, 0.717) is 37.6 Å². The maximum Gasteiger partial charge on any atom is 0.260 e. The molecular weight excluding hydrogens is 314 g/mol. The molecule has 1 amide bonds. The molecule has 2 rings (SSSR count). The minimum absolute atomic E-state index is 0.0321. The standard InChI is InChI=1S/C13H16BrNO4/c14-11-3-1-2-10(8-16)13(11)19-9-12(17)15-4-6-18-7-5-15/h1-3,16H,4-9H2. The first-order chi connectivity index (χ1) is 9.22. The maximum absolute atomic E-state index is 11.9. The van der Waals surface area contributed by atoms with Crippen molar-refractivity contribution >= 4 is 21.8 Å². The molecule has 1 saturated heterocycles. The SMILES string of the molecule is O=C(COc1c(Br)cccc1CO)N1CCOCC1. The quantitative estimate of drug-likeness (QED) is 0.901. The van der Waals surface area contributed by atoms with Crippen LogP contribution in [-0.4, -0.2) is 48.8 Å². The molecule has 0 unspecified atom stereocenters. The van der Waals surface area contributed by atoms with E-state index in [1.807, 2.05) is 12.1 Å². The van der Waals surface area contributed by atoms with E-state index in [1.54, 1.807) is 11.0 Å². The fourth-order valence-corrected chi connectivity index (χ4v) is 2.40. The summed E-state index contributed by atoms with van der Waals surface area (Å²) in [5.41, 5.74) is 0.657. The van der Waals surface area contributed by atoms with Gasteiger partial charge in [0.15, 0.2) is 6.61 Å². The van der Waals surface area contributed by atoms with Gasteiger partial charge in [0.25, 0.3) is 5.91 Å². The Hall–Kier alpha value is -1.11. The Balaban J connectivity index is 1.96. The van der Waals surface area contributed by atoms with Crippen LogP contribution < -0.4 is 4.74 Å². The molecule has 0 radical (unpaired) electrons. The number of carbonyl (C=O) groups excluding carboxylic acids is 1. The van der Waals surface area contributed by atoms with Crippen molar-refractivity contribution in [1.29, 1.82) is 0 Å². The van der Waals surface area contributed by atoms with Crippen LogP contribution in [-0.2, 0) is 16.1 Å². The van der Waals surface area contributed by atoms with Crippen LogP contribution in [0, 0.1) is 0 Å². The smallest absolute Gasteiger partial charge is 0.260 e. The largest absolute Gasteiger partial charge is 0.482 e. The topological polar surface area (TPSA) is 59.0 Å². The number of halogens is 1. The van der Waals surface area contributed by atoms with Gasteiger partial charge in [-0.15, -0.1) is 0 Å². The molecule has 0 aliphatic carbocycles. The van der Waals surface area contributed by atoms with Crippen LogP contribution in [0.4, 0.5) is 0 Å². The summed E-state index contributed by atoms with van der Waals surface area (Å²) in [6.07, 6.45) is 0. The first-order valence-electron chi connectivity index (χ1n) is 6.09. The van der Waals surface area contributed by atoms with Crippen molar-refractivity contribution in [3.8, 4) is 5.75 Å². The summed E-state index contributed by atoms with van der Waals surface area (Å²) >= 11 is 3.35. The molecule has 0 atom stereocenters. The number of ether oxygens (including phenoxy) is 2. The van der Waals surface area contributed by atoms with Crippen LogP contribution in [0.25, 0.3) is 0 Å². The van der Waals surface area contributed by atoms with Crippen molar-refractivity contribution in [2.75, 3.05) is 32.9 Å². The number of carbonyl (C=O) groups is 1. The van der Waals surface area contributed by atoms with Gasteiger partial charge in [-0.1, -0.05) is 12.1 Å². The lowest BCUT2D eigenvalue weighted by molar-refractivity contribution is -0.137. The van der Waals surface area contributed by atoms with Gasteiger partial charge in [0.05, 0.1) is 24.3 Å². The summed E-state index contributed by atoms with van der Waals surface area (Å²) in [6, 6.07) is 5.39. The van der Waals surface area contributed by atoms with Crippen molar-refractivity contribution in [3.63, 3.8) is 0 Å². The second-order valence-corrected chi connectivity index (χ2v) is 5.02. The zero-order valence-electron chi connectivity index (χ0n) is 10.5. The minimum Gasteiger partial charge on any atom is -0.482 e. The van der Waals surface area contributed by atoms with E-state index in [-0.39, 0.29) is 19.1 Å². The average molecular weight is 330 g/mol. The third kappa shape index (κ3) is 3.68. The van der Waals surface area contributed by atoms with E-state index in [2.05, 4.69) is 15.9 Å². The summed E-state index contributed by atoms with van der Waals surface area (Å²) in [5, 5.41) is 9.24. The molecular formula is C13H16BrNO4. The van der Waals surface area contributed by atoms with Crippen molar-refractivity contribution in [1.82, 2.24) is 4.90 Å². The van der Waals surface area contributed by atoms with Gasteiger partial charge in [0.1, 0.15) is 5.75 Å². The molecule has 19 heavy (non-hydrogen) atoms. The molecule has 0 bridgehead atoms. The molecule has 1 aromatic carbocycles. The third-order valence-corrected chi connectivity index (χ3v) is 3.55. The minimum atomic E-state index is -0.124. The number of hydrogen-bond donors (Lipinski definition) is 1. The molecule has 0 saturated carbocycles. The fourth-order valence-electron chi connectivity index (χ4n) is 1.88. The lowest BCUT2D eigenvalue weighted by atomic mass is 10.2. The first-order valence-corrected chi connectivity index (χ1v) is 6.88. The Kier molecular flexibility index (Phi) is 5.18. The highest BCUT2D eigenvalue weighted by atomic mass is 79.9. The Bertz CT molecular complexity index is 446. The van der Waals surface area contributed by atoms with Crippen LogP contribution in [0.5, 0.6) is 5.75 Å². The fraction of sp³-hybridized carbons (Fsp3) is 0.462. The van der Waals surface area contributed by atoms with E-state index in [0.717, 1.165) is 4.47 Å². The summed E-state index contributed by atoms with van der Waals surface area (Å²) in [5.74, 6) is 0.453. The zero-order chi connectivity index (χ0) is 13.7. The molecule has 0 aromatic heterocycles. The number of hydrogen-bond acceptors (Lipinski definition) is 4. The van der Waals surface area contributed by atoms with Gasteiger partial charge in [0.2, 0.25) is 0 Å². The van der Waals surface area contributed by atoms with E-state index in [9.17, 15) is 9.90 Å². The monoisotopic (exact) mass is 329 g/mol. The summed E-state index contributed by atoms with van der Waals surface area (Å²) in [6.45, 7) is 2.19. The highest BCUT2D eigenvalue weighted by Gasteiger charge is 2.18. The number of rotatable bonds is 4. The summed E-state index contributed by atoms with van der Waals surface area (Å²) in [4.78, 5) is 13.7. The molecule has 5 nitrogen and oxygen atoms in total. The normalized spacial score (nSPS) is 15.4. The lowest BCUT2D eigenvalue weighted by Gasteiger charge is -2.26. The van der Waals surface area contributed by atoms with E-state index in [1.165, 1.54) is 0 Å². The van der Waals surface area contributed by atoms with Crippen molar-refractivity contribution in [3.05, 3.63) is 28.2 Å². The Morgan fingerprint density at radius 1 is 1.42 bits per heavy atom. The molecule has 6 heteroatoms. The molecule has 1 aliphatic rings. The van der Waals surface area contributed by atoms with E-state index < -0.39 is 0 Å². The molecule has 1 aromatic rings. The van der Waals surface area contributed by atoms with Gasteiger partial charge in [-0.3, -0.25) is 4.79 Å². The average Bonchev–Trinajstić information content (AvgIpc) is 2.46. The second kappa shape index (κ2) is 6.88. The number of amides is 1. The number of benzene rings is 1. The summed E-state index contributed by atoms with van der Waals surface area (Å²) in [7, 11) is 0. The Labute approximate surface area is 120 Å². The highest BCUT2D eigenvalue weighted by Crippen LogP contribution is 2.29. The Morgan fingerprint density at radius 2 is 2.16 bits per heavy atom. The number of morpholine rings is 1. The predicted octanol–water partition coefficient (Wildman–Crippen LogP) is 1.18. The van der Waals surface area contributed by atoms with E-state index >= 15 is 0 Å². The van der Waals surface area contributed by atoms with Crippen molar-refractivity contribution < 1.29 is 19.4 Å². The van der Waals surface area contributed by atoms with Crippen LogP contribution in [0.1, 0.15) is 5.56 Å². The number of aliphatic hydroxyl groups excluding tert-OH is 1. The van der Waals surface area contributed by atoms with Gasteiger partial charge in [-0.05, 0) is 22.0 Å². The predicted molar refractivity (Wildman–Crippen MR) is 73.0 cm³/mol. The molecule has 104 valence electrons. The van der Waals surface area contributed by atoms with Crippen LogP contribution in [0.3, 0.4) is 0 Å². The van der Waals surface area contributed by atoms with Crippen molar-refractivity contribution in [2.45, 2.75) is 6.61 Å². The van der Waals surface area contributed by atoms with Gasteiger partial charge >= 0.3 is 0 Å². The molecule has 1 fully saturated rings.